The first-order valence-corrected chi connectivity index (χ1v) is 5.86. The monoisotopic (exact) mass is 216 g/mol. The van der Waals surface area contributed by atoms with Crippen LogP contribution in [0.1, 0.15) is 26.7 Å². The highest BCUT2D eigenvalue weighted by Gasteiger charge is 2.27. The van der Waals surface area contributed by atoms with Crippen LogP contribution in [-0.2, 0) is 4.79 Å². The number of thiol groups is 1. The summed E-state index contributed by atoms with van der Waals surface area (Å²) in [5.74, 6) is 0.0279. The van der Waals surface area contributed by atoms with Gasteiger partial charge in [-0.2, -0.15) is 12.6 Å². The topological polar surface area (TPSA) is 32.3 Å². The number of hydrogen-bond acceptors (Lipinski definition) is 3. The van der Waals surface area contributed by atoms with Crippen molar-refractivity contribution >= 4 is 18.5 Å². The van der Waals surface area contributed by atoms with E-state index in [0.717, 1.165) is 25.7 Å². The molecule has 0 saturated heterocycles. The number of carbonyl (C=O) groups excluding carboxylic acids is 1. The largest absolute Gasteiger partial charge is 0.354 e. The molecule has 0 aromatic rings. The second-order valence-electron chi connectivity index (χ2n) is 3.83. The molecule has 82 valence electrons. The molecule has 0 aliphatic heterocycles. The molecule has 1 unspecified atom stereocenters. The van der Waals surface area contributed by atoms with Crippen LogP contribution in [0, 0.1) is 0 Å². The van der Waals surface area contributed by atoms with Gasteiger partial charge in [0.15, 0.2) is 0 Å². The highest BCUT2D eigenvalue weighted by Crippen LogP contribution is 2.25. The Balaban J connectivity index is 2.09. The Morgan fingerprint density at radius 1 is 1.64 bits per heavy atom. The smallest absolute Gasteiger partial charge is 0.232 e. The Morgan fingerprint density at radius 2 is 2.29 bits per heavy atom. The molecular weight excluding hydrogens is 196 g/mol. The van der Waals surface area contributed by atoms with Crippen LogP contribution in [0.25, 0.3) is 0 Å². The van der Waals surface area contributed by atoms with Crippen LogP contribution in [0.4, 0.5) is 0 Å². The molecule has 1 aliphatic carbocycles. The van der Waals surface area contributed by atoms with Crippen molar-refractivity contribution < 1.29 is 4.79 Å². The number of hydrogen-bond donors (Lipinski definition) is 2. The summed E-state index contributed by atoms with van der Waals surface area (Å²) in [7, 11) is 0. The summed E-state index contributed by atoms with van der Waals surface area (Å²) >= 11 is 4.07. The molecule has 1 amide bonds. The van der Waals surface area contributed by atoms with Crippen molar-refractivity contribution in [2.45, 2.75) is 38.0 Å². The Labute approximate surface area is 91.6 Å². The van der Waals surface area contributed by atoms with Gasteiger partial charge in [0.1, 0.15) is 0 Å². The number of nitrogens with zero attached hydrogens (tertiary/aromatic N) is 1. The van der Waals surface area contributed by atoms with Gasteiger partial charge in [-0.25, -0.2) is 0 Å². The molecule has 0 aromatic heterocycles. The van der Waals surface area contributed by atoms with E-state index in [1.54, 1.807) is 6.92 Å². The van der Waals surface area contributed by atoms with Crippen molar-refractivity contribution in [1.82, 2.24) is 10.2 Å². The van der Waals surface area contributed by atoms with Crippen molar-refractivity contribution in [3.05, 3.63) is 0 Å². The number of nitrogens with one attached hydrogen (secondary N) is 1. The minimum Gasteiger partial charge on any atom is -0.354 e. The van der Waals surface area contributed by atoms with Gasteiger partial charge in [-0.05, 0) is 26.3 Å². The highest BCUT2D eigenvalue weighted by molar-refractivity contribution is 7.81. The Hall–Kier alpha value is -0.220. The van der Waals surface area contributed by atoms with Gasteiger partial charge in [-0.3, -0.25) is 9.69 Å². The van der Waals surface area contributed by atoms with Crippen LogP contribution in [-0.4, -0.2) is 41.7 Å². The van der Waals surface area contributed by atoms with Crippen LogP contribution in [0.15, 0.2) is 0 Å². The summed E-state index contributed by atoms with van der Waals surface area (Å²) in [6.07, 6.45) is 2.65. The Bertz CT molecular complexity index is 193. The van der Waals surface area contributed by atoms with E-state index in [1.165, 1.54) is 12.8 Å². The number of amides is 1. The molecule has 0 aromatic carbocycles. The third-order valence-corrected chi connectivity index (χ3v) is 2.78. The van der Waals surface area contributed by atoms with Crippen molar-refractivity contribution in [3.8, 4) is 0 Å². The Kier molecular flexibility index (Phi) is 4.75. The summed E-state index contributed by atoms with van der Waals surface area (Å²) < 4.78 is 0. The maximum absolute atomic E-state index is 11.2. The molecule has 1 atom stereocenters. The van der Waals surface area contributed by atoms with E-state index in [9.17, 15) is 4.79 Å². The molecule has 1 N–H and O–H groups in total. The summed E-state index contributed by atoms with van der Waals surface area (Å²) in [5, 5.41) is 2.67. The average molecular weight is 216 g/mol. The molecule has 0 bridgehead atoms. The van der Waals surface area contributed by atoms with E-state index in [2.05, 4.69) is 29.8 Å². The number of likely N-dealkylation sites (N-methyl/N-ethyl adjacent to an activating group) is 1. The first kappa shape index (κ1) is 11.9. The molecule has 0 spiro atoms. The molecule has 0 radical (unpaired) electrons. The van der Waals surface area contributed by atoms with Gasteiger partial charge in [-0.15, -0.1) is 0 Å². The molecular formula is C10H20N2OS. The molecule has 1 saturated carbocycles. The standard InChI is InChI=1S/C10H20N2OS/c1-3-12(9-4-5-9)7-6-11-10(13)8(2)14/h8-9,14H,3-7H2,1-2H3,(H,11,13). The van der Waals surface area contributed by atoms with Gasteiger partial charge in [-0.1, -0.05) is 6.92 Å². The molecule has 0 heterocycles. The molecule has 4 heteroatoms. The molecule has 1 fully saturated rings. The van der Waals surface area contributed by atoms with Gasteiger partial charge in [0.25, 0.3) is 0 Å². The van der Waals surface area contributed by atoms with E-state index in [1.807, 2.05) is 0 Å². The summed E-state index contributed by atoms with van der Waals surface area (Å²) in [6, 6.07) is 0.783. The number of rotatable bonds is 6. The van der Waals surface area contributed by atoms with Crippen LogP contribution in [0.2, 0.25) is 0 Å². The van der Waals surface area contributed by atoms with Crippen LogP contribution in [0.3, 0.4) is 0 Å². The van der Waals surface area contributed by atoms with E-state index in [4.69, 9.17) is 0 Å². The quantitative estimate of drug-likeness (QED) is 0.647. The SMILES string of the molecule is CCN(CCNC(=O)C(C)S)C1CC1. The first-order chi connectivity index (χ1) is 6.65. The van der Waals surface area contributed by atoms with Gasteiger partial charge >= 0.3 is 0 Å². The van der Waals surface area contributed by atoms with Crippen LogP contribution < -0.4 is 5.32 Å². The third-order valence-electron chi connectivity index (χ3n) is 2.55. The minimum atomic E-state index is -0.203. The van der Waals surface area contributed by atoms with Crippen molar-refractivity contribution in [1.29, 1.82) is 0 Å². The normalized spacial score (nSPS) is 18.3. The average Bonchev–Trinajstić information content (AvgIpc) is 2.95. The second kappa shape index (κ2) is 5.61. The zero-order valence-electron chi connectivity index (χ0n) is 8.99. The fraction of sp³-hybridized carbons (Fsp3) is 0.900. The summed E-state index contributed by atoms with van der Waals surface area (Å²) in [6.45, 7) is 6.75. The molecule has 14 heavy (non-hydrogen) atoms. The molecule has 1 rings (SSSR count). The summed E-state index contributed by atoms with van der Waals surface area (Å²) in [4.78, 5) is 13.6. The van der Waals surface area contributed by atoms with Gasteiger partial charge < -0.3 is 5.32 Å². The fourth-order valence-electron chi connectivity index (χ4n) is 1.51. The van der Waals surface area contributed by atoms with E-state index >= 15 is 0 Å². The maximum atomic E-state index is 11.2. The highest BCUT2D eigenvalue weighted by atomic mass is 32.1. The van der Waals surface area contributed by atoms with Crippen LogP contribution >= 0.6 is 12.6 Å². The lowest BCUT2D eigenvalue weighted by atomic mass is 10.4. The lowest BCUT2D eigenvalue weighted by Gasteiger charge is -2.19. The lowest BCUT2D eigenvalue weighted by molar-refractivity contribution is -0.120. The lowest BCUT2D eigenvalue weighted by Crippen LogP contribution is -2.38. The maximum Gasteiger partial charge on any atom is 0.232 e. The molecule has 1 aliphatic rings. The van der Waals surface area contributed by atoms with Crippen LogP contribution in [0.5, 0.6) is 0 Å². The van der Waals surface area contributed by atoms with E-state index in [0.29, 0.717) is 0 Å². The van der Waals surface area contributed by atoms with E-state index in [-0.39, 0.29) is 11.2 Å². The molecule has 3 nitrogen and oxygen atoms in total. The second-order valence-corrected chi connectivity index (χ2v) is 4.60. The zero-order valence-corrected chi connectivity index (χ0v) is 9.89. The summed E-state index contributed by atoms with van der Waals surface area (Å²) in [5.41, 5.74) is 0. The van der Waals surface area contributed by atoms with Gasteiger partial charge in [0, 0.05) is 19.1 Å². The number of carbonyl (C=O) groups is 1. The van der Waals surface area contributed by atoms with Gasteiger partial charge in [0.05, 0.1) is 5.25 Å². The first-order valence-electron chi connectivity index (χ1n) is 5.35. The van der Waals surface area contributed by atoms with Crippen molar-refractivity contribution in [3.63, 3.8) is 0 Å². The van der Waals surface area contributed by atoms with E-state index < -0.39 is 0 Å². The van der Waals surface area contributed by atoms with Crippen molar-refractivity contribution in [2.24, 2.45) is 0 Å². The fourth-order valence-corrected chi connectivity index (χ4v) is 1.60. The predicted molar refractivity (Wildman–Crippen MR) is 61.7 cm³/mol. The van der Waals surface area contributed by atoms with Gasteiger partial charge in [0.2, 0.25) is 5.91 Å². The predicted octanol–water partition coefficient (Wildman–Crippen LogP) is 0.905. The van der Waals surface area contributed by atoms with Crippen molar-refractivity contribution in [2.75, 3.05) is 19.6 Å². The third kappa shape index (κ3) is 3.88. The Morgan fingerprint density at radius 3 is 2.71 bits per heavy atom. The zero-order chi connectivity index (χ0) is 10.6. The minimum absolute atomic E-state index is 0.0279.